The molecule has 0 radical (unpaired) electrons. The number of hydrogen-bond donors (Lipinski definition) is 1. The summed E-state index contributed by atoms with van der Waals surface area (Å²) in [5.74, 6) is -1.75. The molecule has 33 heavy (non-hydrogen) atoms. The summed E-state index contributed by atoms with van der Waals surface area (Å²) in [5.41, 5.74) is 1.82. The molecule has 1 aliphatic rings. The lowest BCUT2D eigenvalue weighted by Crippen LogP contribution is -2.41. The van der Waals surface area contributed by atoms with Crippen molar-refractivity contribution in [1.29, 1.82) is 0 Å². The van der Waals surface area contributed by atoms with E-state index < -0.39 is 18.5 Å². The second-order valence-corrected chi connectivity index (χ2v) is 8.08. The molecule has 8 heteroatoms. The fraction of sp³-hybridized carbons (Fsp3) is 0.200. The summed E-state index contributed by atoms with van der Waals surface area (Å²) < 4.78 is 5.00. The minimum Gasteiger partial charge on any atom is -0.456 e. The number of nitrogens with zero attached hydrogens (tertiary/aromatic N) is 1. The third-order valence-corrected chi connectivity index (χ3v) is 5.64. The number of carbonyl (C=O) groups excluding carboxylic acids is 4. The quantitative estimate of drug-likeness (QED) is 0.405. The summed E-state index contributed by atoms with van der Waals surface area (Å²) in [6.07, 6.45) is 0.216. The number of imide groups is 1. The van der Waals surface area contributed by atoms with Gasteiger partial charge in [0.25, 0.3) is 17.7 Å². The lowest BCUT2D eigenvalue weighted by atomic mass is 9.94. The molecule has 0 unspecified atom stereocenters. The van der Waals surface area contributed by atoms with E-state index in [1.165, 1.54) is 0 Å². The van der Waals surface area contributed by atoms with Gasteiger partial charge in [-0.25, -0.2) is 0 Å². The van der Waals surface area contributed by atoms with Crippen LogP contribution in [0, 0.1) is 0 Å². The molecule has 0 aromatic heterocycles. The van der Waals surface area contributed by atoms with Gasteiger partial charge in [-0.05, 0) is 41.6 Å². The first-order valence-corrected chi connectivity index (χ1v) is 10.9. The number of nitrogens with one attached hydrogen (secondary N) is 1. The van der Waals surface area contributed by atoms with Gasteiger partial charge in [-0.1, -0.05) is 48.0 Å². The standard InChI is InChI=1S/C25H21ClN2O5/c26-18-11-9-16(10-12-18)14-27-21(29)15-33-22(30)8-3-13-28-24(31)19-6-1-4-17-5-2-7-20(23(17)19)25(28)32/h1-2,4-7,9-12H,3,8,13-15H2,(H,27,29). The van der Waals surface area contributed by atoms with Gasteiger partial charge in [0.1, 0.15) is 0 Å². The van der Waals surface area contributed by atoms with Gasteiger partial charge in [0, 0.05) is 41.0 Å². The molecule has 3 amide bonds. The second kappa shape index (κ2) is 9.83. The summed E-state index contributed by atoms with van der Waals surface area (Å²) in [6, 6.07) is 17.7. The third kappa shape index (κ3) is 5.04. The number of benzene rings is 3. The minimum atomic E-state index is -0.573. The van der Waals surface area contributed by atoms with Crippen molar-refractivity contribution in [2.24, 2.45) is 0 Å². The fourth-order valence-electron chi connectivity index (χ4n) is 3.74. The monoisotopic (exact) mass is 464 g/mol. The topological polar surface area (TPSA) is 92.8 Å². The maximum Gasteiger partial charge on any atom is 0.306 e. The molecule has 0 saturated heterocycles. The van der Waals surface area contributed by atoms with Crippen LogP contribution in [0.25, 0.3) is 10.8 Å². The van der Waals surface area contributed by atoms with Crippen LogP contribution < -0.4 is 5.32 Å². The Labute approximate surface area is 195 Å². The molecule has 0 aliphatic carbocycles. The summed E-state index contributed by atoms with van der Waals surface area (Å²) in [5, 5.41) is 4.76. The van der Waals surface area contributed by atoms with Gasteiger partial charge in [-0.15, -0.1) is 0 Å². The maximum atomic E-state index is 12.8. The Hall–Kier alpha value is -3.71. The molecule has 0 atom stereocenters. The maximum absolute atomic E-state index is 12.8. The zero-order chi connectivity index (χ0) is 23.4. The van der Waals surface area contributed by atoms with E-state index in [0.717, 1.165) is 15.8 Å². The van der Waals surface area contributed by atoms with Crippen LogP contribution in [0.15, 0.2) is 60.7 Å². The highest BCUT2D eigenvalue weighted by Crippen LogP contribution is 2.30. The molecule has 1 N–H and O–H groups in total. The summed E-state index contributed by atoms with van der Waals surface area (Å²) in [4.78, 5) is 50.7. The minimum absolute atomic E-state index is 0.0205. The van der Waals surface area contributed by atoms with Gasteiger partial charge in [0.05, 0.1) is 0 Å². The van der Waals surface area contributed by atoms with Gasteiger partial charge >= 0.3 is 5.97 Å². The summed E-state index contributed by atoms with van der Waals surface area (Å²) in [7, 11) is 0. The van der Waals surface area contributed by atoms with E-state index in [0.29, 0.717) is 28.1 Å². The van der Waals surface area contributed by atoms with Crippen molar-refractivity contribution in [3.05, 3.63) is 82.4 Å². The number of ether oxygens (including phenoxy) is 1. The Kier molecular flexibility index (Phi) is 6.70. The van der Waals surface area contributed by atoms with Crippen molar-refractivity contribution < 1.29 is 23.9 Å². The SMILES string of the molecule is O=C(COC(=O)CCCN1C(=O)c2cccc3cccc(c23)C1=O)NCc1ccc(Cl)cc1. The number of carbonyl (C=O) groups is 4. The highest BCUT2D eigenvalue weighted by molar-refractivity contribution is 6.30. The van der Waals surface area contributed by atoms with Crippen molar-refractivity contribution in [3.8, 4) is 0 Å². The molecular formula is C25H21ClN2O5. The average Bonchev–Trinajstić information content (AvgIpc) is 2.82. The summed E-state index contributed by atoms with van der Waals surface area (Å²) in [6.45, 7) is -0.0232. The van der Waals surface area contributed by atoms with Crippen LogP contribution in [-0.2, 0) is 20.9 Å². The molecule has 3 aromatic carbocycles. The average molecular weight is 465 g/mol. The van der Waals surface area contributed by atoms with E-state index >= 15 is 0 Å². The predicted octanol–water partition coefficient (Wildman–Crippen LogP) is 3.73. The molecule has 0 bridgehead atoms. The number of rotatable bonds is 8. The van der Waals surface area contributed by atoms with E-state index in [9.17, 15) is 19.2 Å². The third-order valence-electron chi connectivity index (χ3n) is 5.39. The normalized spacial score (nSPS) is 12.7. The van der Waals surface area contributed by atoms with E-state index in [1.54, 1.807) is 48.5 Å². The van der Waals surface area contributed by atoms with Crippen molar-refractivity contribution in [2.75, 3.05) is 13.2 Å². The molecule has 7 nitrogen and oxygen atoms in total. The Morgan fingerprint density at radius 3 is 2.18 bits per heavy atom. The van der Waals surface area contributed by atoms with Gasteiger partial charge in [0.2, 0.25) is 0 Å². The number of hydrogen-bond acceptors (Lipinski definition) is 5. The van der Waals surface area contributed by atoms with Crippen LogP contribution in [0.5, 0.6) is 0 Å². The molecule has 4 rings (SSSR count). The van der Waals surface area contributed by atoms with Crippen molar-refractivity contribution in [3.63, 3.8) is 0 Å². The molecule has 3 aromatic rings. The lowest BCUT2D eigenvalue weighted by Gasteiger charge is -2.27. The summed E-state index contributed by atoms with van der Waals surface area (Å²) >= 11 is 5.82. The Bertz CT molecular complexity index is 1190. The number of esters is 1. The molecule has 0 saturated carbocycles. The van der Waals surface area contributed by atoms with Gasteiger partial charge in [-0.2, -0.15) is 0 Å². The van der Waals surface area contributed by atoms with Crippen LogP contribution in [0.1, 0.15) is 39.1 Å². The molecule has 0 spiro atoms. The van der Waals surface area contributed by atoms with Crippen LogP contribution in [0.3, 0.4) is 0 Å². The largest absolute Gasteiger partial charge is 0.456 e. The van der Waals surface area contributed by atoms with Gasteiger partial charge in [0.15, 0.2) is 6.61 Å². The highest BCUT2D eigenvalue weighted by Gasteiger charge is 2.32. The van der Waals surface area contributed by atoms with E-state index in [1.807, 2.05) is 12.1 Å². The second-order valence-electron chi connectivity index (χ2n) is 7.64. The zero-order valence-corrected chi connectivity index (χ0v) is 18.4. The van der Waals surface area contributed by atoms with E-state index in [-0.39, 0.29) is 31.2 Å². The fourth-order valence-corrected chi connectivity index (χ4v) is 3.86. The van der Waals surface area contributed by atoms with Crippen LogP contribution in [-0.4, -0.2) is 41.7 Å². The highest BCUT2D eigenvalue weighted by atomic mass is 35.5. The van der Waals surface area contributed by atoms with Crippen molar-refractivity contribution in [2.45, 2.75) is 19.4 Å². The molecule has 168 valence electrons. The Morgan fingerprint density at radius 2 is 1.55 bits per heavy atom. The van der Waals surface area contributed by atoms with Crippen LogP contribution >= 0.6 is 11.6 Å². The molecular weight excluding hydrogens is 444 g/mol. The van der Waals surface area contributed by atoms with E-state index in [2.05, 4.69) is 5.32 Å². The zero-order valence-electron chi connectivity index (χ0n) is 17.7. The Morgan fingerprint density at radius 1 is 0.909 bits per heavy atom. The molecule has 1 aliphatic heterocycles. The van der Waals surface area contributed by atoms with Crippen LogP contribution in [0.4, 0.5) is 0 Å². The van der Waals surface area contributed by atoms with Crippen LogP contribution in [0.2, 0.25) is 5.02 Å². The lowest BCUT2D eigenvalue weighted by molar-refractivity contribution is -0.148. The Balaban J connectivity index is 1.24. The molecule has 1 heterocycles. The predicted molar refractivity (Wildman–Crippen MR) is 123 cm³/mol. The van der Waals surface area contributed by atoms with Crippen molar-refractivity contribution >= 4 is 46.1 Å². The first-order chi connectivity index (χ1) is 15.9. The van der Waals surface area contributed by atoms with Gasteiger partial charge in [-0.3, -0.25) is 24.1 Å². The first-order valence-electron chi connectivity index (χ1n) is 10.5. The molecule has 0 fully saturated rings. The van der Waals surface area contributed by atoms with E-state index in [4.69, 9.17) is 16.3 Å². The van der Waals surface area contributed by atoms with Crippen molar-refractivity contribution in [1.82, 2.24) is 10.2 Å². The smallest absolute Gasteiger partial charge is 0.306 e. The van der Waals surface area contributed by atoms with Gasteiger partial charge < -0.3 is 10.1 Å². The first kappa shape index (κ1) is 22.5. The number of amides is 3. The number of halogens is 1.